The number of aromatic nitrogens is 3. The van der Waals surface area contributed by atoms with Crippen LogP contribution in [0.4, 0.5) is 5.69 Å². The lowest BCUT2D eigenvalue weighted by Gasteiger charge is -2.09. The van der Waals surface area contributed by atoms with E-state index in [1.165, 1.54) is 0 Å². The molecule has 2 heterocycles. The van der Waals surface area contributed by atoms with Crippen molar-refractivity contribution in [3.05, 3.63) is 41.7 Å². The molecule has 0 aliphatic rings. The number of pyridine rings is 1. The van der Waals surface area contributed by atoms with Crippen molar-refractivity contribution in [2.45, 2.75) is 19.9 Å². The number of aryl methyl sites for hydroxylation is 1. The van der Waals surface area contributed by atoms with Crippen LogP contribution in [0.1, 0.15) is 13.3 Å². The van der Waals surface area contributed by atoms with Gasteiger partial charge in [-0.15, -0.1) is 0 Å². The Hall–Kier alpha value is -2.07. The molecule has 0 spiro atoms. The number of anilines is 1. The van der Waals surface area contributed by atoms with Crippen LogP contribution >= 0.6 is 11.6 Å². The summed E-state index contributed by atoms with van der Waals surface area (Å²) in [7, 11) is 0. The van der Waals surface area contributed by atoms with Gasteiger partial charge in [0, 0.05) is 24.0 Å². The van der Waals surface area contributed by atoms with E-state index in [-0.39, 0.29) is 0 Å². The van der Waals surface area contributed by atoms with Crippen LogP contribution in [0.15, 0.2) is 36.7 Å². The maximum atomic E-state index is 6.31. The van der Waals surface area contributed by atoms with Crippen LogP contribution in [0.5, 0.6) is 0 Å². The molecule has 0 radical (unpaired) electrons. The SMILES string of the molecule is CCCn1c(-c2ccc(N)cc2Cl)nc2cnccc21. The van der Waals surface area contributed by atoms with Crippen LogP contribution in [-0.2, 0) is 6.54 Å². The molecule has 3 rings (SSSR count). The first-order valence-corrected chi connectivity index (χ1v) is 6.94. The summed E-state index contributed by atoms with van der Waals surface area (Å²) in [4.78, 5) is 8.80. The second-order valence-electron chi connectivity index (χ2n) is 4.69. The normalized spacial score (nSPS) is 11.1. The van der Waals surface area contributed by atoms with E-state index >= 15 is 0 Å². The zero-order valence-electron chi connectivity index (χ0n) is 11.2. The predicted molar refractivity (Wildman–Crippen MR) is 82.7 cm³/mol. The lowest BCUT2D eigenvalue weighted by molar-refractivity contribution is 0.704. The molecule has 2 N–H and O–H groups in total. The van der Waals surface area contributed by atoms with Crippen LogP contribution in [0.3, 0.4) is 0 Å². The van der Waals surface area contributed by atoms with Crippen LogP contribution in [0, 0.1) is 0 Å². The lowest BCUT2D eigenvalue weighted by atomic mass is 10.2. The zero-order chi connectivity index (χ0) is 14.1. The number of hydrogen-bond acceptors (Lipinski definition) is 3. The Labute approximate surface area is 122 Å². The summed E-state index contributed by atoms with van der Waals surface area (Å²) in [6.45, 7) is 3.03. The van der Waals surface area contributed by atoms with E-state index in [0.29, 0.717) is 10.7 Å². The minimum absolute atomic E-state index is 0.616. The molecular formula is C15H15ClN4. The predicted octanol–water partition coefficient (Wildman–Crippen LogP) is 3.74. The van der Waals surface area contributed by atoms with Gasteiger partial charge in [-0.2, -0.15) is 0 Å². The summed E-state index contributed by atoms with van der Waals surface area (Å²) in [6, 6.07) is 7.49. The molecule has 5 heteroatoms. The van der Waals surface area contributed by atoms with Gasteiger partial charge in [0.1, 0.15) is 11.3 Å². The van der Waals surface area contributed by atoms with Gasteiger partial charge in [0.05, 0.1) is 16.7 Å². The standard InChI is InChI=1S/C15H15ClN4/c1-2-7-20-14-5-6-18-9-13(14)19-15(20)11-4-3-10(17)8-12(11)16/h3-6,8-9H,2,7,17H2,1H3. The highest BCUT2D eigenvalue weighted by Crippen LogP contribution is 2.31. The van der Waals surface area contributed by atoms with E-state index in [1.807, 2.05) is 18.2 Å². The largest absolute Gasteiger partial charge is 0.399 e. The third-order valence-corrected chi connectivity index (χ3v) is 3.54. The molecule has 1 aromatic carbocycles. The summed E-state index contributed by atoms with van der Waals surface area (Å²) in [5, 5.41) is 0.616. The number of hydrogen-bond donors (Lipinski definition) is 1. The van der Waals surface area contributed by atoms with E-state index in [0.717, 1.165) is 35.4 Å². The van der Waals surface area contributed by atoms with Crippen molar-refractivity contribution in [3.8, 4) is 11.4 Å². The van der Waals surface area contributed by atoms with Crippen LogP contribution in [-0.4, -0.2) is 14.5 Å². The highest BCUT2D eigenvalue weighted by Gasteiger charge is 2.14. The van der Waals surface area contributed by atoms with Crippen molar-refractivity contribution in [2.75, 3.05) is 5.73 Å². The quantitative estimate of drug-likeness (QED) is 0.746. The van der Waals surface area contributed by atoms with E-state index in [9.17, 15) is 0 Å². The van der Waals surface area contributed by atoms with Gasteiger partial charge < -0.3 is 10.3 Å². The summed E-state index contributed by atoms with van der Waals surface area (Å²) in [5.41, 5.74) is 9.25. The monoisotopic (exact) mass is 286 g/mol. The van der Waals surface area contributed by atoms with E-state index in [1.54, 1.807) is 18.5 Å². The van der Waals surface area contributed by atoms with Crippen molar-refractivity contribution < 1.29 is 0 Å². The van der Waals surface area contributed by atoms with Gasteiger partial charge in [-0.25, -0.2) is 4.98 Å². The molecule has 0 aliphatic heterocycles. The first-order chi connectivity index (χ1) is 9.70. The highest BCUT2D eigenvalue weighted by atomic mass is 35.5. The van der Waals surface area contributed by atoms with Crippen molar-refractivity contribution in [1.29, 1.82) is 0 Å². The van der Waals surface area contributed by atoms with Crippen molar-refractivity contribution >= 4 is 28.3 Å². The van der Waals surface area contributed by atoms with Gasteiger partial charge in [-0.05, 0) is 30.7 Å². The molecule has 4 nitrogen and oxygen atoms in total. The molecule has 0 aliphatic carbocycles. The van der Waals surface area contributed by atoms with Gasteiger partial charge in [0.2, 0.25) is 0 Å². The number of benzene rings is 1. The summed E-state index contributed by atoms with van der Waals surface area (Å²) < 4.78 is 2.18. The Bertz CT molecular complexity index is 764. The second-order valence-corrected chi connectivity index (χ2v) is 5.10. The Balaban J connectivity index is 2.26. The lowest BCUT2D eigenvalue weighted by Crippen LogP contribution is -2.00. The first kappa shape index (κ1) is 12.9. The minimum atomic E-state index is 0.616. The average Bonchev–Trinajstić information content (AvgIpc) is 2.78. The third-order valence-electron chi connectivity index (χ3n) is 3.23. The smallest absolute Gasteiger partial charge is 0.142 e. The summed E-state index contributed by atoms with van der Waals surface area (Å²) >= 11 is 6.31. The molecule has 0 saturated heterocycles. The van der Waals surface area contributed by atoms with E-state index in [2.05, 4.69) is 21.5 Å². The maximum absolute atomic E-state index is 6.31. The van der Waals surface area contributed by atoms with Crippen molar-refractivity contribution in [1.82, 2.24) is 14.5 Å². The number of halogens is 1. The number of fused-ring (bicyclic) bond motifs is 1. The average molecular weight is 287 g/mol. The minimum Gasteiger partial charge on any atom is -0.399 e. The molecule has 20 heavy (non-hydrogen) atoms. The molecule has 2 aromatic heterocycles. The Kier molecular flexibility index (Phi) is 3.32. The van der Waals surface area contributed by atoms with Gasteiger partial charge in [-0.3, -0.25) is 4.98 Å². The van der Waals surface area contributed by atoms with Gasteiger partial charge in [0.15, 0.2) is 0 Å². The Morgan fingerprint density at radius 1 is 1.30 bits per heavy atom. The van der Waals surface area contributed by atoms with Crippen molar-refractivity contribution in [2.24, 2.45) is 0 Å². The topological polar surface area (TPSA) is 56.7 Å². The van der Waals surface area contributed by atoms with Gasteiger partial charge in [-0.1, -0.05) is 18.5 Å². The van der Waals surface area contributed by atoms with Crippen LogP contribution < -0.4 is 5.73 Å². The van der Waals surface area contributed by atoms with Crippen molar-refractivity contribution in [3.63, 3.8) is 0 Å². The fraction of sp³-hybridized carbons (Fsp3) is 0.200. The number of nitrogen functional groups attached to an aromatic ring is 1. The van der Waals surface area contributed by atoms with Gasteiger partial charge in [0.25, 0.3) is 0 Å². The number of nitrogens with zero attached hydrogens (tertiary/aromatic N) is 3. The van der Waals surface area contributed by atoms with Crippen LogP contribution in [0.2, 0.25) is 5.02 Å². The number of rotatable bonds is 3. The van der Waals surface area contributed by atoms with Crippen LogP contribution in [0.25, 0.3) is 22.4 Å². The van der Waals surface area contributed by atoms with Gasteiger partial charge >= 0.3 is 0 Å². The number of nitrogens with two attached hydrogens (primary N) is 1. The van der Waals surface area contributed by atoms with E-state index in [4.69, 9.17) is 17.3 Å². The Morgan fingerprint density at radius 3 is 2.90 bits per heavy atom. The Morgan fingerprint density at radius 2 is 2.15 bits per heavy atom. The highest BCUT2D eigenvalue weighted by molar-refractivity contribution is 6.33. The fourth-order valence-corrected chi connectivity index (χ4v) is 2.62. The molecule has 0 amide bonds. The first-order valence-electron chi connectivity index (χ1n) is 6.56. The maximum Gasteiger partial charge on any atom is 0.142 e. The van der Waals surface area contributed by atoms with E-state index < -0.39 is 0 Å². The molecule has 0 saturated carbocycles. The molecule has 0 unspecified atom stereocenters. The fourth-order valence-electron chi connectivity index (χ4n) is 2.35. The number of imidazole rings is 1. The second kappa shape index (κ2) is 5.13. The zero-order valence-corrected chi connectivity index (χ0v) is 11.9. The molecule has 102 valence electrons. The third kappa shape index (κ3) is 2.12. The molecule has 0 bridgehead atoms. The summed E-state index contributed by atoms with van der Waals surface area (Å²) in [6.07, 6.45) is 4.58. The molecule has 0 atom stereocenters. The molecular weight excluding hydrogens is 272 g/mol. The molecule has 0 fully saturated rings. The summed E-state index contributed by atoms with van der Waals surface area (Å²) in [5.74, 6) is 0.861. The molecule has 3 aromatic rings.